The highest BCUT2D eigenvalue weighted by atomic mass is 35.5. The van der Waals surface area contributed by atoms with Gasteiger partial charge in [-0.1, -0.05) is 18.5 Å². The highest BCUT2D eigenvalue weighted by Gasteiger charge is 2.09. The van der Waals surface area contributed by atoms with E-state index in [0.717, 1.165) is 24.7 Å². The van der Waals surface area contributed by atoms with Crippen LogP contribution in [0.15, 0.2) is 42.5 Å². The van der Waals surface area contributed by atoms with E-state index in [1.807, 2.05) is 12.1 Å². The predicted molar refractivity (Wildman–Crippen MR) is 84.6 cm³/mol. The molecule has 0 aliphatic rings. The van der Waals surface area contributed by atoms with E-state index >= 15 is 0 Å². The summed E-state index contributed by atoms with van der Waals surface area (Å²) in [6.45, 7) is 2.97. The van der Waals surface area contributed by atoms with Crippen molar-refractivity contribution in [3.8, 4) is 0 Å². The lowest BCUT2D eigenvalue weighted by molar-refractivity contribution is 0.102. The van der Waals surface area contributed by atoms with Gasteiger partial charge in [0.05, 0.1) is 10.7 Å². The topological polar surface area (TPSA) is 41.1 Å². The fourth-order valence-electron chi connectivity index (χ4n) is 1.79. The van der Waals surface area contributed by atoms with Gasteiger partial charge in [-0.15, -0.1) is 0 Å². The maximum atomic E-state index is 12.9. The summed E-state index contributed by atoms with van der Waals surface area (Å²) < 4.78 is 12.9. The molecule has 0 bridgehead atoms. The van der Waals surface area contributed by atoms with Crippen LogP contribution < -0.4 is 10.6 Å². The number of carbonyl (C=O) groups is 1. The first-order chi connectivity index (χ1) is 10.1. The van der Waals surface area contributed by atoms with E-state index in [2.05, 4.69) is 17.6 Å². The Morgan fingerprint density at radius 1 is 1.19 bits per heavy atom. The van der Waals surface area contributed by atoms with Crippen LogP contribution in [0.2, 0.25) is 5.02 Å². The second-order valence-electron chi connectivity index (χ2n) is 4.58. The third-order valence-electron chi connectivity index (χ3n) is 2.91. The molecule has 2 aromatic carbocycles. The SMILES string of the molecule is CCCNc1ccc(C(=O)Nc2ccc(F)cc2Cl)cc1. The largest absolute Gasteiger partial charge is 0.385 e. The molecule has 0 saturated heterocycles. The van der Waals surface area contributed by atoms with Gasteiger partial charge < -0.3 is 10.6 Å². The molecule has 5 heteroatoms. The van der Waals surface area contributed by atoms with Crippen LogP contribution >= 0.6 is 11.6 Å². The van der Waals surface area contributed by atoms with Crippen LogP contribution in [0.25, 0.3) is 0 Å². The monoisotopic (exact) mass is 306 g/mol. The molecule has 2 aromatic rings. The maximum absolute atomic E-state index is 12.9. The highest BCUT2D eigenvalue weighted by molar-refractivity contribution is 6.33. The van der Waals surface area contributed by atoms with Crippen LogP contribution in [0.3, 0.4) is 0 Å². The van der Waals surface area contributed by atoms with Crippen LogP contribution in [0.4, 0.5) is 15.8 Å². The fourth-order valence-corrected chi connectivity index (χ4v) is 2.01. The Morgan fingerprint density at radius 2 is 1.90 bits per heavy atom. The van der Waals surface area contributed by atoms with Crippen molar-refractivity contribution in [3.63, 3.8) is 0 Å². The van der Waals surface area contributed by atoms with Gasteiger partial charge in [0.25, 0.3) is 5.91 Å². The molecule has 0 aliphatic carbocycles. The minimum Gasteiger partial charge on any atom is -0.385 e. The van der Waals surface area contributed by atoms with Crippen LogP contribution in [-0.4, -0.2) is 12.5 Å². The van der Waals surface area contributed by atoms with Crippen molar-refractivity contribution < 1.29 is 9.18 Å². The van der Waals surface area contributed by atoms with Crippen LogP contribution in [-0.2, 0) is 0 Å². The van der Waals surface area contributed by atoms with Gasteiger partial charge in [-0.3, -0.25) is 4.79 Å². The highest BCUT2D eigenvalue weighted by Crippen LogP contribution is 2.23. The summed E-state index contributed by atoms with van der Waals surface area (Å²) in [4.78, 5) is 12.1. The number of hydrogen-bond donors (Lipinski definition) is 2. The third-order valence-corrected chi connectivity index (χ3v) is 3.22. The number of nitrogens with one attached hydrogen (secondary N) is 2. The molecule has 0 unspecified atom stereocenters. The van der Waals surface area contributed by atoms with Gasteiger partial charge in [-0.2, -0.15) is 0 Å². The third kappa shape index (κ3) is 4.20. The van der Waals surface area contributed by atoms with Gasteiger partial charge in [-0.05, 0) is 48.9 Å². The quantitative estimate of drug-likeness (QED) is 0.850. The summed E-state index contributed by atoms with van der Waals surface area (Å²) in [5.74, 6) is -0.727. The standard InChI is InChI=1S/C16H16ClFN2O/c1-2-9-19-13-6-3-11(4-7-13)16(21)20-15-8-5-12(18)10-14(15)17/h3-8,10,19H,2,9H2,1H3,(H,20,21). The van der Waals surface area contributed by atoms with Crippen molar-refractivity contribution >= 4 is 28.9 Å². The molecule has 0 fully saturated rings. The Hall–Kier alpha value is -2.07. The van der Waals surface area contributed by atoms with E-state index in [1.165, 1.54) is 12.1 Å². The predicted octanol–water partition coefficient (Wildman–Crippen LogP) is 4.55. The normalized spacial score (nSPS) is 10.2. The molecule has 0 heterocycles. The summed E-state index contributed by atoms with van der Waals surface area (Å²) in [5, 5.41) is 6.06. The molecule has 21 heavy (non-hydrogen) atoms. The van der Waals surface area contributed by atoms with Crippen molar-refractivity contribution in [1.29, 1.82) is 0 Å². The lowest BCUT2D eigenvalue weighted by Crippen LogP contribution is -2.12. The molecule has 0 spiro atoms. The number of anilines is 2. The summed E-state index contributed by atoms with van der Waals surface area (Å²) in [6, 6.07) is 11.0. The molecule has 110 valence electrons. The zero-order chi connectivity index (χ0) is 15.2. The van der Waals surface area contributed by atoms with E-state index in [9.17, 15) is 9.18 Å². The zero-order valence-corrected chi connectivity index (χ0v) is 12.4. The van der Waals surface area contributed by atoms with Crippen molar-refractivity contribution in [3.05, 3.63) is 58.9 Å². The molecular formula is C16H16ClFN2O. The van der Waals surface area contributed by atoms with E-state index < -0.39 is 5.82 Å². The lowest BCUT2D eigenvalue weighted by Gasteiger charge is -2.08. The number of carbonyl (C=O) groups excluding carboxylic acids is 1. The number of benzene rings is 2. The average molecular weight is 307 g/mol. The van der Waals surface area contributed by atoms with E-state index in [-0.39, 0.29) is 10.9 Å². The van der Waals surface area contributed by atoms with Crippen molar-refractivity contribution in [1.82, 2.24) is 0 Å². The molecule has 1 amide bonds. The number of rotatable bonds is 5. The number of hydrogen-bond acceptors (Lipinski definition) is 2. The first-order valence-electron chi connectivity index (χ1n) is 6.70. The molecule has 0 saturated carbocycles. The van der Waals surface area contributed by atoms with Gasteiger partial charge in [0.1, 0.15) is 5.82 Å². The van der Waals surface area contributed by atoms with Crippen LogP contribution in [0.1, 0.15) is 23.7 Å². The van der Waals surface area contributed by atoms with Gasteiger partial charge in [0, 0.05) is 17.8 Å². The Bertz CT molecular complexity index is 629. The van der Waals surface area contributed by atoms with Crippen molar-refractivity contribution in [2.24, 2.45) is 0 Å². The van der Waals surface area contributed by atoms with E-state index in [1.54, 1.807) is 12.1 Å². The van der Waals surface area contributed by atoms with Crippen molar-refractivity contribution in [2.75, 3.05) is 17.2 Å². The Labute approximate surface area is 128 Å². The summed E-state index contributed by atoms with van der Waals surface area (Å²) >= 11 is 5.88. The molecule has 3 nitrogen and oxygen atoms in total. The fraction of sp³-hybridized carbons (Fsp3) is 0.188. The Balaban J connectivity index is 2.06. The second kappa shape index (κ2) is 7.09. The summed E-state index contributed by atoms with van der Waals surface area (Å²) in [7, 11) is 0. The summed E-state index contributed by atoms with van der Waals surface area (Å²) in [6.07, 6.45) is 1.03. The average Bonchev–Trinajstić information content (AvgIpc) is 2.48. The zero-order valence-electron chi connectivity index (χ0n) is 11.6. The molecule has 0 aromatic heterocycles. The Kier molecular flexibility index (Phi) is 5.17. The van der Waals surface area contributed by atoms with Crippen molar-refractivity contribution in [2.45, 2.75) is 13.3 Å². The summed E-state index contributed by atoms with van der Waals surface area (Å²) in [5.41, 5.74) is 1.86. The minimum absolute atomic E-state index is 0.171. The molecule has 2 N–H and O–H groups in total. The van der Waals surface area contributed by atoms with Gasteiger partial charge in [0.2, 0.25) is 0 Å². The molecule has 0 atom stereocenters. The molecule has 0 aliphatic heterocycles. The smallest absolute Gasteiger partial charge is 0.255 e. The molecule has 0 radical (unpaired) electrons. The minimum atomic E-state index is -0.440. The van der Waals surface area contributed by atoms with Crippen LogP contribution in [0, 0.1) is 5.82 Å². The van der Waals surface area contributed by atoms with Gasteiger partial charge >= 0.3 is 0 Å². The maximum Gasteiger partial charge on any atom is 0.255 e. The first-order valence-corrected chi connectivity index (χ1v) is 7.08. The van der Waals surface area contributed by atoms with E-state index in [4.69, 9.17) is 11.6 Å². The van der Waals surface area contributed by atoms with Crippen LogP contribution in [0.5, 0.6) is 0 Å². The van der Waals surface area contributed by atoms with E-state index in [0.29, 0.717) is 11.3 Å². The Morgan fingerprint density at radius 3 is 2.52 bits per heavy atom. The number of halogens is 2. The molecular weight excluding hydrogens is 291 g/mol. The first kappa shape index (κ1) is 15.3. The number of amides is 1. The van der Waals surface area contributed by atoms with Gasteiger partial charge in [-0.25, -0.2) is 4.39 Å². The van der Waals surface area contributed by atoms with Gasteiger partial charge in [0.15, 0.2) is 0 Å². The second-order valence-corrected chi connectivity index (χ2v) is 4.99. The lowest BCUT2D eigenvalue weighted by atomic mass is 10.2. The molecule has 2 rings (SSSR count).